The van der Waals surface area contributed by atoms with Crippen LogP contribution >= 0.6 is 0 Å². The molecule has 1 aliphatic heterocycles. The number of rotatable bonds is 0. The molecule has 3 heteroatoms. The van der Waals surface area contributed by atoms with Crippen molar-refractivity contribution in [3.05, 3.63) is 0 Å². The number of hydrogen-bond acceptors (Lipinski definition) is 3. The summed E-state index contributed by atoms with van der Waals surface area (Å²) in [6, 6.07) is 3.59. The summed E-state index contributed by atoms with van der Waals surface area (Å²) in [5.74, 6) is 0. The van der Waals surface area contributed by atoms with Crippen LogP contribution in [0.1, 0.15) is 0 Å². The Bertz CT molecular complexity index is 134. The van der Waals surface area contributed by atoms with Crippen LogP contribution in [0.3, 0.4) is 0 Å². The molecular weight excluding hydrogens is 92.1 g/mol. The monoisotopic (exact) mass is 94.0 g/mol. The molecule has 0 aromatic rings. The fraction of sp³-hybridized carbons (Fsp3) is 0.500. The van der Waals surface area contributed by atoms with Crippen molar-refractivity contribution in [2.45, 2.75) is 12.2 Å². The summed E-state index contributed by atoms with van der Waals surface area (Å²) in [6.07, 6.45) is -0.880. The summed E-state index contributed by atoms with van der Waals surface area (Å²) in [5, 5.41) is 16.0. The zero-order valence-electron chi connectivity index (χ0n) is 3.46. The standard InChI is InChI=1S/C4H2N2O/c5-1-3-4(2-6)7-3/h3-4H/t3-,4+. The van der Waals surface area contributed by atoms with Crippen LogP contribution in [0.5, 0.6) is 0 Å². The van der Waals surface area contributed by atoms with E-state index >= 15 is 0 Å². The first-order chi connectivity index (χ1) is 3.38. The minimum Gasteiger partial charge on any atom is -0.337 e. The Morgan fingerprint density at radius 3 is 1.71 bits per heavy atom. The van der Waals surface area contributed by atoms with Crippen LogP contribution in [0.2, 0.25) is 0 Å². The van der Waals surface area contributed by atoms with Gasteiger partial charge in [0.1, 0.15) is 0 Å². The van der Waals surface area contributed by atoms with Gasteiger partial charge >= 0.3 is 0 Å². The minimum absolute atomic E-state index is 0.440. The van der Waals surface area contributed by atoms with Crippen LogP contribution in [0.25, 0.3) is 0 Å². The molecule has 0 N–H and O–H groups in total. The molecule has 34 valence electrons. The molecule has 0 bridgehead atoms. The molecule has 0 unspecified atom stereocenters. The molecule has 0 aromatic carbocycles. The van der Waals surface area contributed by atoms with E-state index in [1.165, 1.54) is 0 Å². The van der Waals surface area contributed by atoms with Gasteiger partial charge in [0.2, 0.25) is 0 Å². The molecule has 0 spiro atoms. The highest BCUT2D eigenvalue weighted by atomic mass is 16.6. The van der Waals surface area contributed by atoms with Crippen molar-refractivity contribution in [1.29, 1.82) is 10.5 Å². The van der Waals surface area contributed by atoms with E-state index in [0.717, 1.165) is 0 Å². The van der Waals surface area contributed by atoms with Crippen LogP contribution in [0.15, 0.2) is 0 Å². The maximum Gasteiger partial charge on any atom is 0.185 e. The van der Waals surface area contributed by atoms with Crippen LogP contribution in [-0.2, 0) is 4.74 Å². The average molecular weight is 94.1 g/mol. The van der Waals surface area contributed by atoms with Crippen molar-refractivity contribution in [1.82, 2.24) is 0 Å². The summed E-state index contributed by atoms with van der Waals surface area (Å²) in [7, 11) is 0. The van der Waals surface area contributed by atoms with Gasteiger partial charge in [-0.05, 0) is 0 Å². The summed E-state index contributed by atoms with van der Waals surface area (Å²) in [4.78, 5) is 0. The smallest absolute Gasteiger partial charge is 0.185 e. The highest BCUT2D eigenvalue weighted by molar-refractivity contribution is 5.12. The van der Waals surface area contributed by atoms with Crippen LogP contribution in [0.4, 0.5) is 0 Å². The van der Waals surface area contributed by atoms with E-state index in [4.69, 9.17) is 10.5 Å². The molecule has 0 amide bonds. The van der Waals surface area contributed by atoms with E-state index in [1.54, 1.807) is 12.1 Å². The molecule has 1 rings (SSSR count). The molecule has 1 fully saturated rings. The molecule has 1 saturated heterocycles. The Labute approximate surface area is 40.7 Å². The predicted octanol–water partition coefficient (Wildman–Crippen LogP) is -0.199. The van der Waals surface area contributed by atoms with Gasteiger partial charge in [-0.3, -0.25) is 0 Å². The highest BCUT2D eigenvalue weighted by Crippen LogP contribution is 2.18. The molecule has 0 radical (unpaired) electrons. The number of epoxide rings is 1. The third kappa shape index (κ3) is 0.534. The molecule has 0 aliphatic carbocycles. The quantitative estimate of drug-likeness (QED) is 0.390. The normalized spacial score (nSPS) is 35.7. The molecule has 1 heterocycles. The van der Waals surface area contributed by atoms with E-state index < -0.39 is 12.2 Å². The maximum atomic E-state index is 7.98. The molecule has 3 nitrogen and oxygen atoms in total. The molecule has 1 aliphatic rings. The first-order valence-electron chi connectivity index (χ1n) is 1.83. The van der Waals surface area contributed by atoms with Crippen LogP contribution < -0.4 is 0 Å². The van der Waals surface area contributed by atoms with E-state index in [-0.39, 0.29) is 0 Å². The number of ether oxygens (including phenoxy) is 1. The third-order valence-electron chi connectivity index (χ3n) is 0.746. The van der Waals surface area contributed by atoms with Gasteiger partial charge in [-0.15, -0.1) is 0 Å². The van der Waals surface area contributed by atoms with Gasteiger partial charge in [-0.2, -0.15) is 10.5 Å². The van der Waals surface area contributed by atoms with Crippen molar-refractivity contribution in [2.24, 2.45) is 0 Å². The molecular formula is C4H2N2O. The van der Waals surface area contributed by atoms with E-state index in [1.807, 2.05) is 0 Å². The van der Waals surface area contributed by atoms with Gasteiger partial charge in [0, 0.05) is 0 Å². The zero-order chi connectivity index (χ0) is 5.28. The largest absolute Gasteiger partial charge is 0.337 e. The molecule has 2 atom stereocenters. The second-order valence-corrected chi connectivity index (χ2v) is 1.24. The van der Waals surface area contributed by atoms with Crippen molar-refractivity contribution in [3.8, 4) is 12.1 Å². The van der Waals surface area contributed by atoms with E-state index in [0.29, 0.717) is 0 Å². The highest BCUT2D eigenvalue weighted by Gasteiger charge is 2.39. The van der Waals surface area contributed by atoms with E-state index in [9.17, 15) is 0 Å². The zero-order valence-corrected chi connectivity index (χ0v) is 3.46. The van der Waals surface area contributed by atoms with Crippen LogP contribution in [-0.4, -0.2) is 12.2 Å². The Hall–Kier alpha value is -1.06. The lowest BCUT2D eigenvalue weighted by molar-refractivity contribution is 0.419. The van der Waals surface area contributed by atoms with Gasteiger partial charge < -0.3 is 4.74 Å². The third-order valence-corrected chi connectivity index (χ3v) is 0.746. The summed E-state index contributed by atoms with van der Waals surface area (Å²) < 4.78 is 4.49. The molecule has 7 heavy (non-hydrogen) atoms. The lowest BCUT2D eigenvalue weighted by atomic mass is 10.4. The molecule has 0 aromatic heterocycles. The van der Waals surface area contributed by atoms with E-state index in [2.05, 4.69) is 4.74 Å². The SMILES string of the molecule is N#C[C@@H]1O[C@@H]1C#N. The predicted molar refractivity (Wildman–Crippen MR) is 19.9 cm³/mol. The van der Waals surface area contributed by atoms with Gasteiger partial charge in [-0.1, -0.05) is 0 Å². The van der Waals surface area contributed by atoms with Crippen molar-refractivity contribution < 1.29 is 4.74 Å². The number of hydrogen-bond donors (Lipinski definition) is 0. The molecule has 0 saturated carbocycles. The first kappa shape index (κ1) is 4.11. The van der Waals surface area contributed by atoms with Gasteiger partial charge in [0.15, 0.2) is 12.2 Å². The summed E-state index contributed by atoms with van der Waals surface area (Å²) in [5.41, 5.74) is 0. The van der Waals surface area contributed by atoms with Gasteiger partial charge in [0.05, 0.1) is 12.1 Å². The van der Waals surface area contributed by atoms with Crippen LogP contribution in [0, 0.1) is 22.7 Å². The maximum absolute atomic E-state index is 7.98. The minimum atomic E-state index is -0.440. The Balaban J connectivity index is 2.39. The lowest BCUT2D eigenvalue weighted by Crippen LogP contribution is -1.82. The Morgan fingerprint density at radius 2 is 1.57 bits per heavy atom. The van der Waals surface area contributed by atoms with Crippen molar-refractivity contribution in [2.75, 3.05) is 0 Å². The fourth-order valence-corrected chi connectivity index (χ4v) is 0.309. The topological polar surface area (TPSA) is 60.1 Å². The Kier molecular flexibility index (Phi) is 0.714. The second kappa shape index (κ2) is 1.22. The second-order valence-electron chi connectivity index (χ2n) is 1.24. The number of nitrogens with zero attached hydrogens (tertiary/aromatic N) is 2. The van der Waals surface area contributed by atoms with Gasteiger partial charge in [0.25, 0.3) is 0 Å². The van der Waals surface area contributed by atoms with Crippen molar-refractivity contribution in [3.63, 3.8) is 0 Å². The lowest BCUT2D eigenvalue weighted by Gasteiger charge is -1.54. The van der Waals surface area contributed by atoms with Gasteiger partial charge in [-0.25, -0.2) is 0 Å². The number of nitriles is 2. The summed E-state index contributed by atoms with van der Waals surface area (Å²) in [6.45, 7) is 0. The average Bonchev–Trinajstić information content (AvgIpc) is 2.43. The Morgan fingerprint density at radius 1 is 1.14 bits per heavy atom. The fourth-order valence-electron chi connectivity index (χ4n) is 0.309. The summed E-state index contributed by atoms with van der Waals surface area (Å²) >= 11 is 0. The first-order valence-corrected chi connectivity index (χ1v) is 1.83. The van der Waals surface area contributed by atoms with Crippen molar-refractivity contribution >= 4 is 0 Å².